The number of ether oxygens (including phenoxy) is 1. The maximum absolute atomic E-state index is 9.28. The number of nitrogens with two attached hydrogens (primary N) is 1. The van der Waals surface area contributed by atoms with E-state index in [0.717, 1.165) is 6.42 Å². The smallest absolute Gasteiger partial charge is 0.222 e. The van der Waals surface area contributed by atoms with Gasteiger partial charge in [-0.25, -0.2) is 4.98 Å². The molecule has 4 N–H and O–H groups in total. The van der Waals surface area contributed by atoms with Crippen molar-refractivity contribution in [1.82, 2.24) is 9.97 Å². The molecule has 0 aliphatic rings. The number of rotatable bonds is 6. The lowest BCUT2D eigenvalue weighted by Gasteiger charge is -2.17. The number of anilines is 2. The average Bonchev–Trinajstić information content (AvgIpc) is 2.49. The van der Waals surface area contributed by atoms with Crippen LogP contribution in [0, 0.1) is 0 Å². The second-order valence-electron chi connectivity index (χ2n) is 4.43. The topological polar surface area (TPSA) is 93.3 Å². The molecule has 0 radical (unpaired) electrons. The van der Waals surface area contributed by atoms with Crippen LogP contribution in [0.25, 0.3) is 0 Å². The number of benzene rings is 1. The van der Waals surface area contributed by atoms with E-state index in [2.05, 4.69) is 15.3 Å². The van der Waals surface area contributed by atoms with Crippen molar-refractivity contribution in [3.8, 4) is 11.5 Å². The molecule has 0 fully saturated rings. The van der Waals surface area contributed by atoms with Crippen LogP contribution in [-0.4, -0.2) is 27.7 Å². The monoisotopic (exact) mass is 344 g/mol. The van der Waals surface area contributed by atoms with Crippen molar-refractivity contribution < 1.29 is 9.84 Å². The zero-order valence-electron chi connectivity index (χ0n) is 12.0. The van der Waals surface area contributed by atoms with Crippen LogP contribution in [0.4, 0.5) is 11.8 Å². The van der Waals surface area contributed by atoms with Crippen LogP contribution < -0.4 is 15.8 Å². The molecule has 1 heterocycles. The number of halogens is 2. The molecule has 8 heteroatoms. The van der Waals surface area contributed by atoms with Gasteiger partial charge in [-0.1, -0.05) is 18.5 Å². The van der Waals surface area contributed by atoms with E-state index in [4.69, 9.17) is 22.1 Å². The Bertz CT molecular complexity index is 592. The molecule has 0 aliphatic carbocycles. The molecule has 0 aliphatic heterocycles. The minimum atomic E-state index is -0.133. The van der Waals surface area contributed by atoms with E-state index in [1.54, 1.807) is 24.3 Å². The van der Waals surface area contributed by atoms with E-state index < -0.39 is 0 Å². The molecule has 6 nitrogen and oxygen atoms in total. The van der Waals surface area contributed by atoms with Crippen LogP contribution in [0.3, 0.4) is 0 Å². The van der Waals surface area contributed by atoms with Crippen molar-refractivity contribution >= 4 is 35.8 Å². The van der Waals surface area contributed by atoms with Gasteiger partial charge in [-0.2, -0.15) is 4.98 Å². The third kappa shape index (κ3) is 4.91. The number of hydrogen-bond donors (Lipinski definition) is 3. The zero-order chi connectivity index (χ0) is 15.2. The lowest BCUT2D eigenvalue weighted by Crippen LogP contribution is -2.23. The summed E-state index contributed by atoms with van der Waals surface area (Å²) in [7, 11) is 0. The number of nitrogens with zero attached hydrogens (tertiary/aromatic N) is 2. The number of aliphatic hydroxyl groups is 1. The largest absolute Gasteiger partial charge is 0.452 e. The molecule has 0 saturated heterocycles. The van der Waals surface area contributed by atoms with Gasteiger partial charge in [-0.05, 0) is 30.7 Å². The van der Waals surface area contributed by atoms with Crippen molar-refractivity contribution in [3.63, 3.8) is 0 Å². The third-order valence-electron chi connectivity index (χ3n) is 2.87. The maximum Gasteiger partial charge on any atom is 0.222 e. The third-order valence-corrected chi connectivity index (χ3v) is 3.12. The molecule has 22 heavy (non-hydrogen) atoms. The second-order valence-corrected chi connectivity index (χ2v) is 4.87. The molecular weight excluding hydrogens is 327 g/mol. The van der Waals surface area contributed by atoms with Crippen molar-refractivity contribution in [2.24, 2.45) is 0 Å². The predicted octanol–water partition coefficient (Wildman–Crippen LogP) is 3.11. The summed E-state index contributed by atoms with van der Waals surface area (Å²) in [4.78, 5) is 8.04. The van der Waals surface area contributed by atoms with Gasteiger partial charge in [0.15, 0.2) is 11.6 Å². The van der Waals surface area contributed by atoms with E-state index in [-0.39, 0.29) is 31.0 Å². The van der Waals surface area contributed by atoms with E-state index >= 15 is 0 Å². The van der Waals surface area contributed by atoms with Gasteiger partial charge in [0, 0.05) is 5.02 Å². The number of nitrogens with one attached hydrogen (secondary N) is 1. The van der Waals surface area contributed by atoms with Crippen LogP contribution in [0.2, 0.25) is 5.02 Å². The fourth-order valence-electron chi connectivity index (χ4n) is 1.66. The van der Waals surface area contributed by atoms with Gasteiger partial charge >= 0.3 is 0 Å². The molecule has 2 rings (SSSR count). The second kappa shape index (κ2) is 8.63. The summed E-state index contributed by atoms with van der Waals surface area (Å²) in [5.74, 6) is 1.61. The lowest BCUT2D eigenvalue weighted by atomic mass is 10.2. The van der Waals surface area contributed by atoms with Crippen molar-refractivity contribution in [3.05, 3.63) is 35.5 Å². The molecule has 1 atom stereocenters. The van der Waals surface area contributed by atoms with Gasteiger partial charge in [0.2, 0.25) is 5.95 Å². The van der Waals surface area contributed by atoms with Gasteiger partial charge in [0.05, 0.1) is 18.8 Å². The normalized spacial score (nSPS) is 11.4. The average molecular weight is 345 g/mol. The molecule has 0 spiro atoms. The molecular formula is C14H18Cl2N4O2. The predicted molar refractivity (Wildman–Crippen MR) is 90.0 cm³/mol. The summed E-state index contributed by atoms with van der Waals surface area (Å²) in [6.07, 6.45) is 2.23. The highest BCUT2D eigenvalue weighted by molar-refractivity contribution is 6.30. The van der Waals surface area contributed by atoms with Crippen LogP contribution in [-0.2, 0) is 0 Å². The first kappa shape index (κ1) is 18.3. The minimum Gasteiger partial charge on any atom is -0.452 e. The Morgan fingerprint density at radius 2 is 2.05 bits per heavy atom. The van der Waals surface area contributed by atoms with E-state index in [1.807, 2.05) is 6.92 Å². The summed E-state index contributed by atoms with van der Waals surface area (Å²) in [6, 6.07) is 6.81. The number of aliphatic hydroxyl groups excluding tert-OH is 1. The van der Waals surface area contributed by atoms with Gasteiger partial charge in [0.25, 0.3) is 0 Å². The van der Waals surface area contributed by atoms with Crippen LogP contribution in [0.5, 0.6) is 11.5 Å². The van der Waals surface area contributed by atoms with E-state index in [9.17, 15) is 5.11 Å². The van der Waals surface area contributed by atoms with Gasteiger partial charge < -0.3 is 20.9 Å². The Labute approximate surface area is 140 Å². The molecule has 1 aromatic heterocycles. The first-order valence-electron chi connectivity index (χ1n) is 6.55. The van der Waals surface area contributed by atoms with Gasteiger partial charge in [-0.3, -0.25) is 0 Å². The summed E-state index contributed by atoms with van der Waals surface area (Å²) >= 11 is 5.84. The first-order chi connectivity index (χ1) is 10.1. The highest BCUT2D eigenvalue weighted by Crippen LogP contribution is 2.29. The molecule has 2 aromatic rings. The van der Waals surface area contributed by atoms with Crippen molar-refractivity contribution in [2.45, 2.75) is 19.4 Å². The molecule has 120 valence electrons. The Morgan fingerprint density at radius 3 is 2.64 bits per heavy atom. The van der Waals surface area contributed by atoms with Gasteiger partial charge in [0.1, 0.15) is 5.75 Å². The highest BCUT2D eigenvalue weighted by atomic mass is 35.5. The first-order valence-corrected chi connectivity index (χ1v) is 6.93. The number of hydrogen-bond acceptors (Lipinski definition) is 6. The Hall–Kier alpha value is -1.76. The SMILES string of the molecule is CCC(CO)Nc1nc(N)ncc1Oc1ccc(Cl)cc1.Cl. The maximum atomic E-state index is 9.28. The minimum absolute atomic E-state index is 0. The fraction of sp³-hybridized carbons (Fsp3) is 0.286. The van der Waals surface area contributed by atoms with E-state index in [1.165, 1.54) is 6.20 Å². The van der Waals surface area contributed by atoms with Gasteiger partial charge in [-0.15, -0.1) is 12.4 Å². The number of aromatic nitrogens is 2. The zero-order valence-corrected chi connectivity index (χ0v) is 13.6. The molecule has 0 amide bonds. The Balaban J connectivity index is 0.00000242. The standard InChI is InChI=1S/C14H17ClN4O2.ClH/c1-2-10(8-20)18-13-12(7-17-14(16)19-13)21-11-5-3-9(15)4-6-11;/h3-7,10,20H,2,8H2,1H3,(H3,16,17,18,19);1H. The van der Waals surface area contributed by atoms with Crippen molar-refractivity contribution in [1.29, 1.82) is 0 Å². The molecule has 0 saturated carbocycles. The summed E-state index contributed by atoms with van der Waals surface area (Å²) in [6.45, 7) is 1.94. The van der Waals surface area contributed by atoms with Crippen LogP contribution in [0.1, 0.15) is 13.3 Å². The summed E-state index contributed by atoms with van der Waals surface area (Å²) < 4.78 is 5.73. The van der Waals surface area contributed by atoms with Crippen molar-refractivity contribution in [2.75, 3.05) is 17.7 Å². The van der Waals surface area contributed by atoms with E-state index in [0.29, 0.717) is 22.3 Å². The van der Waals surface area contributed by atoms with Crippen LogP contribution in [0.15, 0.2) is 30.5 Å². The molecule has 1 unspecified atom stereocenters. The number of nitrogen functional groups attached to an aromatic ring is 1. The lowest BCUT2D eigenvalue weighted by molar-refractivity contribution is 0.271. The Kier molecular flexibility index (Phi) is 7.17. The highest BCUT2D eigenvalue weighted by Gasteiger charge is 2.12. The summed E-state index contributed by atoms with van der Waals surface area (Å²) in [5.41, 5.74) is 5.60. The molecule has 0 bridgehead atoms. The summed E-state index contributed by atoms with van der Waals surface area (Å²) in [5, 5.41) is 13.0. The van der Waals surface area contributed by atoms with Crippen LogP contribution >= 0.6 is 24.0 Å². The molecule has 1 aromatic carbocycles. The Morgan fingerprint density at radius 1 is 1.36 bits per heavy atom. The quantitative estimate of drug-likeness (QED) is 0.745. The fourth-order valence-corrected chi connectivity index (χ4v) is 1.79.